The molecule has 1 heterocycles. The number of aromatic nitrogens is 2. The maximum Gasteiger partial charge on any atom is 0.194 e. The van der Waals surface area contributed by atoms with Crippen LogP contribution in [-0.4, -0.2) is 15.8 Å². The van der Waals surface area contributed by atoms with Crippen LogP contribution in [0, 0.1) is 17.5 Å². The van der Waals surface area contributed by atoms with E-state index in [1.165, 1.54) is 4.68 Å². The highest BCUT2D eigenvalue weighted by Crippen LogP contribution is 2.20. The molecule has 0 bridgehead atoms. The van der Waals surface area contributed by atoms with Crippen LogP contribution in [0.5, 0.6) is 0 Å². The quantitative estimate of drug-likeness (QED) is 0.858. The molecule has 0 amide bonds. The minimum atomic E-state index is -1.47. The minimum absolute atomic E-state index is 0.180. The average Bonchev–Trinajstić information content (AvgIpc) is 2.84. The van der Waals surface area contributed by atoms with Gasteiger partial charge >= 0.3 is 0 Å². The van der Waals surface area contributed by atoms with Crippen molar-refractivity contribution in [2.75, 3.05) is 0 Å². The number of hydrogen-bond donors (Lipinski definition) is 1. The molecule has 2 aromatic rings. The Morgan fingerprint density at radius 2 is 1.81 bits per heavy atom. The van der Waals surface area contributed by atoms with Gasteiger partial charge in [-0.1, -0.05) is 20.8 Å². The third kappa shape index (κ3) is 3.26. The number of rotatable bonds is 5. The summed E-state index contributed by atoms with van der Waals surface area (Å²) in [4.78, 5) is 0. The lowest BCUT2D eigenvalue weighted by atomic mass is 10.2. The number of nitrogens with zero attached hydrogens (tertiary/aromatic N) is 2. The average molecular weight is 297 g/mol. The Morgan fingerprint density at radius 3 is 2.33 bits per heavy atom. The van der Waals surface area contributed by atoms with Crippen molar-refractivity contribution in [3.63, 3.8) is 0 Å². The van der Waals surface area contributed by atoms with E-state index in [2.05, 4.69) is 10.4 Å². The van der Waals surface area contributed by atoms with E-state index >= 15 is 0 Å². The van der Waals surface area contributed by atoms with E-state index in [-0.39, 0.29) is 5.69 Å². The molecular weight excluding hydrogens is 279 g/mol. The van der Waals surface area contributed by atoms with Crippen LogP contribution in [0.3, 0.4) is 0 Å². The first-order valence-corrected chi connectivity index (χ1v) is 6.88. The van der Waals surface area contributed by atoms with Gasteiger partial charge in [-0.25, -0.2) is 17.9 Å². The predicted molar refractivity (Wildman–Crippen MR) is 74.8 cm³/mol. The molecule has 0 unspecified atom stereocenters. The molecule has 3 nitrogen and oxygen atoms in total. The van der Waals surface area contributed by atoms with Gasteiger partial charge in [0.1, 0.15) is 0 Å². The highest BCUT2D eigenvalue weighted by molar-refractivity contribution is 5.36. The van der Waals surface area contributed by atoms with Gasteiger partial charge in [-0.15, -0.1) is 0 Å². The smallest absolute Gasteiger partial charge is 0.194 e. The Morgan fingerprint density at radius 1 is 1.19 bits per heavy atom. The fraction of sp³-hybridized carbons (Fsp3) is 0.400. The molecule has 2 rings (SSSR count). The Kier molecular flexibility index (Phi) is 4.67. The Bertz CT molecular complexity index is 612. The third-order valence-corrected chi connectivity index (χ3v) is 3.20. The summed E-state index contributed by atoms with van der Waals surface area (Å²) in [5, 5.41) is 7.44. The number of hydrogen-bond acceptors (Lipinski definition) is 2. The summed E-state index contributed by atoms with van der Waals surface area (Å²) in [6, 6.07) is 2.22. The molecule has 0 aliphatic carbocycles. The van der Waals surface area contributed by atoms with Gasteiger partial charge in [-0.2, -0.15) is 5.10 Å². The number of halogens is 3. The van der Waals surface area contributed by atoms with Crippen LogP contribution >= 0.6 is 0 Å². The van der Waals surface area contributed by atoms with Gasteiger partial charge in [-0.3, -0.25) is 0 Å². The molecule has 0 atom stereocenters. The zero-order valence-corrected chi connectivity index (χ0v) is 12.3. The van der Waals surface area contributed by atoms with Crippen molar-refractivity contribution in [2.45, 2.75) is 39.8 Å². The summed E-state index contributed by atoms with van der Waals surface area (Å²) < 4.78 is 41.2. The molecule has 0 saturated carbocycles. The fourth-order valence-corrected chi connectivity index (χ4v) is 2.13. The van der Waals surface area contributed by atoms with Crippen LogP contribution in [0.15, 0.2) is 18.3 Å². The van der Waals surface area contributed by atoms with Crippen LogP contribution in [0.25, 0.3) is 5.69 Å². The van der Waals surface area contributed by atoms with Crippen LogP contribution in [0.1, 0.15) is 32.0 Å². The Labute approximate surface area is 121 Å². The summed E-state index contributed by atoms with van der Waals surface area (Å²) >= 11 is 0. The highest BCUT2D eigenvalue weighted by Gasteiger charge is 2.15. The van der Waals surface area contributed by atoms with Gasteiger partial charge in [0, 0.05) is 36.0 Å². The van der Waals surface area contributed by atoms with Gasteiger partial charge in [0.2, 0.25) is 0 Å². The lowest BCUT2D eigenvalue weighted by molar-refractivity contribution is 0.445. The van der Waals surface area contributed by atoms with Crippen molar-refractivity contribution in [2.24, 2.45) is 0 Å². The third-order valence-electron chi connectivity index (χ3n) is 3.20. The van der Waals surface area contributed by atoms with Gasteiger partial charge < -0.3 is 5.32 Å². The van der Waals surface area contributed by atoms with E-state index in [9.17, 15) is 13.2 Å². The van der Waals surface area contributed by atoms with Crippen molar-refractivity contribution in [3.8, 4) is 5.69 Å². The molecule has 114 valence electrons. The van der Waals surface area contributed by atoms with Crippen LogP contribution in [0.4, 0.5) is 13.2 Å². The normalized spacial score (nSPS) is 11.4. The topological polar surface area (TPSA) is 29.9 Å². The zero-order valence-electron chi connectivity index (χ0n) is 12.3. The van der Waals surface area contributed by atoms with Crippen molar-refractivity contribution < 1.29 is 13.2 Å². The van der Waals surface area contributed by atoms with Crippen molar-refractivity contribution >= 4 is 0 Å². The molecule has 6 heteroatoms. The van der Waals surface area contributed by atoms with Gasteiger partial charge in [0.05, 0.1) is 11.9 Å². The molecule has 0 fully saturated rings. The molecule has 0 spiro atoms. The van der Waals surface area contributed by atoms with E-state index in [1.807, 2.05) is 20.8 Å². The monoisotopic (exact) mass is 297 g/mol. The highest BCUT2D eigenvalue weighted by atomic mass is 19.2. The SMILES string of the molecule is CCc1c(CNC(C)C)cnn1-c1cc(F)c(F)c(F)c1. The summed E-state index contributed by atoms with van der Waals surface area (Å²) in [6.07, 6.45) is 2.31. The fourth-order valence-electron chi connectivity index (χ4n) is 2.13. The van der Waals surface area contributed by atoms with Crippen LogP contribution in [-0.2, 0) is 13.0 Å². The minimum Gasteiger partial charge on any atom is -0.310 e. The first-order chi connectivity index (χ1) is 9.93. The molecule has 1 aromatic carbocycles. The number of nitrogens with one attached hydrogen (secondary N) is 1. The first-order valence-electron chi connectivity index (χ1n) is 6.88. The zero-order chi connectivity index (χ0) is 15.6. The van der Waals surface area contributed by atoms with E-state index < -0.39 is 17.5 Å². The second-order valence-electron chi connectivity index (χ2n) is 5.14. The van der Waals surface area contributed by atoms with E-state index in [1.54, 1.807) is 6.20 Å². The summed E-state index contributed by atoms with van der Waals surface area (Å²) in [5.74, 6) is -3.90. The Balaban J connectivity index is 2.40. The summed E-state index contributed by atoms with van der Waals surface area (Å²) in [7, 11) is 0. The van der Waals surface area contributed by atoms with Crippen LogP contribution < -0.4 is 5.32 Å². The maximum atomic E-state index is 13.4. The van der Waals surface area contributed by atoms with Crippen molar-refractivity contribution in [1.82, 2.24) is 15.1 Å². The first kappa shape index (κ1) is 15.6. The number of benzene rings is 1. The van der Waals surface area contributed by atoms with Gasteiger partial charge in [-0.05, 0) is 6.42 Å². The predicted octanol–water partition coefficient (Wildman–Crippen LogP) is 3.35. The van der Waals surface area contributed by atoms with E-state index in [4.69, 9.17) is 0 Å². The van der Waals surface area contributed by atoms with E-state index in [0.29, 0.717) is 19.0 Å². The molecule has 1 aromatic heterocycles. The molecule has 0 aliphatic heterocycles. The molecule has 0 saturated heterocycles. The van der Waals surface area contributed by atoms with E-state index in [0.717, 1.165) is 23.4 Å². The van der Waals surface area contributed by atoms with Crippen LogP contribution in [0.2, 0.25) is 0 Å². The molecule has 0 aliphatic rings. The Hall–Kier alpha value is -1.82. The van der Waals surface area contributed by atoms with Gasteiger partial charge in [0.25, 0.3) is 0 Å². The standard InChI is InChI=1S/C15H18F3N3/c1-4-14-10(7-19-9(2)3)8-20-21(14)11-5-12(16)15(18)13(17)6-11/h5-6,8-9,19H,4,7H2,1-3H3. The molecule has 0 radical (unpaired) electrons. The van der Waals surface area contributed by atoms with Crippen molar-refractivity contribution in [3.05, 3.63) is 47.0 Å². The maximum absolute atomic E-state index is 13.4. The lowest BCUT2D eigenvalue weighted by Gasteiger charge is -2.11. The van der Waals surface area contributed by atoms with Gasteiger partial charge in [0.15, 0.2) is 17.5 Å². The second kappa shape index (κ2) is 6.30. The lowest BCUT2D eigenvalue weighted by Crippen LogP contribution is -2.22. The second-order valence-corrected chi connectivity index (χ2v) is 5.14. The summed E-state index contributed by atoms with van der Waals surface area (Å²) in [6.45, 7) is 6.61. The van der Waals surface area contributed by atoms with Crippen molar-refractivity contribution in [1.29, 1.82) is 0 Å². The summed E-state index contributed by atoms with van der Waals surface area (Å²) in [5.41, 5.74) is 1.98. The molecule has 1 N–H and O–H groups in total. The molecule has 21 heavy (non-hydrogen) atoms. The molecular formula is C15H18F3N3. The largest absolute Gasteiger partial charge is 0.310 e.